The molecular weight excluding hydrogens is 544 g/mol. The van der Waals surface area contributed by atoms with Gasteiger partial charge in [0.1, 0.15) is 19.0 Å². The molecule has 3 heterocycles. The zero-order valence-electron chi connectivity index (χ0n) is 19.0. The molecule has 1 aromatic heterocycles. The summed E-state index contributed by atoms with van der Waals surface area (Å²) in [4.78, 5) is 32.9. The van der Waals surface area contributed by atoms with Gasteiger partial charge in [0.25, 0.3) is 5.78 Å². The second kappa shape index (κ2) is 8.76. The van der Waals surface area contributed by atoms with E-state index in [2.05, 4.69) is 20.9 Å². The van der Waals surface area contributed by atoms with Gasteiger partial charge in [0.2, 0.25) is 0 Å². The lowest BCUT2D eigenvalue weighted by Crippen LogP contribution is -2.29. The van der Waals surface area contributed by atoms with E-state index in [4.69, 9.17) is 9.47 Å². The highest BCUT2D eigenvalue weighted by atomic mass is 79.9. The van der Waals surface area contributed by atoms with Crippen LogP contribution in [-0.2, 0) is 9.59 Å². The van der Waals surface area contributed by atoms with E-state index in [9.17, 15) is 14.7 Å². The van der Waals surface area contributed by atoms with Gasteiger partial charge in [0.15, 0.2) is 16.6 Å². The number of Topliss-reactive ketones (excluding diaryl/α,β-unsaturated/α-hetero) is 1. The van der Waals surface area contributed by atoms with Crippen molar-refractivity contribution in [2.75, 3.05) is 18.1 Å². The number of hydrogen-bond donors (Lipinski definition) is 1. The van der Waals surface area contributed by atoms with Gasteiger partial charge < -0.3 is 14.6 Å². The highest BCUT2D eigenvalue weighted by Crippen LogP contribution is 2.45. The molecule has 9 heteroatoms. The van der Waals surface area contributed by atoms with Crippen LogP contribution in [-0.4, -0.2) is 35.0 Å². The minimum absolute atomic E-state index is 0.00906. The Morgan fingerprint density at radius 1 is 1.06 bits per heavy atom. The lowest BCUT2D eigenvalue weighted by molar-refractivity contribution is -0.132. The van der Waals surface area contributed by atoms with Gasteiger partial charge in [-0.3, -0.25) is 14.5 Å². The number of aryl methyl sites for hydroxylation is 1. The van der Waals surface area contributed by atoms with E-state index in [0.29, 0.717) is 41.0 Å². The fraction of sp³-hybridized carbons (Fsp3) is 0.148. The highest BCUT2D eigenvalue weighted by molar-refractivity contribution is 9.10. The molecule has 7 nitrogen and oxygen atoms in total. The summed E-state index contributed by atoms with van der Waals surface area (Å²) in [7, 11) is 0. The summed E-state index contributed by atoms with van der Waals surface area (Å²) in [5.74, 6) is -0.765. The number of rotatable bonds is 3. The van der Waals surface area contributed by atoms with Gasteiger partial charge in [-0.1, -0.05) is 45.5 Å². The third kappa shape index (κ3) is 3.75. The molecule has 0 aliphatic carbocycles. The normalized spacial score (nSPS) is 18.7. The molecule has 1 atom stereocenters. The van der Waals surface area contributed by atoms with Crippen molar-refractivity contribution >= 4 is 60.1 Å². The summed E-state index contributed by atoms with van der Waals surface area (Å²) >= 11 is 4.82. The molecule has 0 radical (unpaired) electrons. The van der Waals surface area contributed by atoms with Crippen LogP contribution in [0.15, 0.2) is 70.7 Å². The van der Waals surface area contributed by atoms with E-state index in [1.165, 1.54) is 16.2 Å². The molecule has 1 N–H and O–H groups in total. The summed E-state index contributed by atoms with van der Waals surface area (Å²) in [5.41, 5.74) is 2.82. The van der Waals surface area contributed by atoms with Crippen molar-refractivity contribution < 1.29 is 24.2 Å². The molecule has 2 aliphatic rings. The van der Waals surface area contributed by atoms with Crippen LogP contribution < -0.4 is 14.4 Å². The second-order valence-electron chi connectivity index (χ2n) is 8.55. The number of aliphatic hydroxyl groups is 1. The molecule has 6 rings (SSSR count). The first-order valence-electron chi connectivity index (χ1n) is 11.2. The molecular formula is C27H19BrN2O5S. The van der Waals surface area contributed by atoms with Gasteiger partial charge >= 0.3 is 5.91 Å². The number of thiazole rings is 1. The van der Waals surface area contributed by atoms with E-state index >= 15 is 0 Å². The van der Waals surface area contributed by atoms with Crippen molar-refractivity contribution in [1.82, 2.24) is 4.98 Å². The van der Waals surface area contributed by atoms with Crippen molar-refractivity contribution in [3.05, 3.63) is 87.4 Å². The van der Waals surface area contributed by atoms with Gasteiger partial charge in [-0.2, -0.15) is 0 Å². The maximum Gasteiger partial charge on any atom is 0.301 e. The average Bonchev–Trinajstić information content (AvgIpc) is 3.41. The Kier molecular flexibility index (Phi) is 5.54. The number of carbonyl (C=O) groups excluding carboxylic acids is 2. The van der Waals surface area contributed by atoms with Gasteiger partial charge in [-0.05, 0) is 60.5 Å². The van der Waals surface area contributed by atoms with Crippen LogP contribution in [0, 0.1) is 6.92 Å². The van der Waals surface area contributed by atoms with Crippen LogP contribution in [0.2, 0.25) is 0 Å². The quantitative estimate of drug-likeness (QED) is 0.194. The number of hydrogen-bond acceptors (Lipinski definition) is 7. The van der Waals surface area contributed by atoms with Crippen LogP contribution >= 0.6 is 27.3 Å². The van der Waals surface area contributed by atoms with Gasteiger partial charge in [-0.15, -0.1) is 0 Å². The number of ether oxygens (including phenoxy) is 2. The van der Waals surface area contributed by atoms with E-state index in [1.54, 1.807) is 18.2 Å². The average molecular weight is 563 g/mol. The molecule has 0 unspecified atom stereocenters. The standard InChI is InChI=1S/C27H19BrN2O5S/c1-14-5-7-18-21(11-14)36-27(29-18)30-23(15-3-2-4-17(28)12-15)22(25(32)26(30)33)24(31)16-6-8-19-20(13-16)35-10-9-34-19/h2-8,11-13,23,31H,9-10H2,1H3/b24-22+/t23-/m1/s1. The highest BCUT2D eigenvalue weighted by Gasteiger charge is 2.48. The number of anilines is 1. The fourth-order valence-corrected chi connectivity index (χ4v) is 6.00. The van der Waals surface area contributed by atoms with Crippen LogP contribution in [0.5, 0.6) is 11.5 Å². The summed E-state index contributed by atoms with van der Waals surface area (Å²) in [6.07, 6.45) is 0. The number of aliphatic hydroxyl groups excluding tert-OH is 1. The minimum atomic E-state index is -0.864. The largest absolute Gasteiger partial charge is 0.507 e. The fourth-order valence-electron chi connectivity index (χ4n) is 4.49. The molecule has 1 saturated heterocycles. The van der Waals surface area contributed by atoms with E-state index < -0.39 is 17.7 Å². The van der Waals surface area contributed by atoms with E-state index in [-0.39, 0.29) is 11.3 Å². The summed E-state index contributed by atoms with van der Waals surface area (Å²) < 4.78 is 12.9. The minimum Gasteiger partial charge on any atom is -0.507 e. The van der Waals surface area contributed by atoms with Crippen molar-refractivity contribution in [2.24, 2.45) is 0 Å². The maximum absolute atomic E-state index is 13.4. The van der Waals surface area contributed by atoms with Crippen LogP contribution in [0.4, 0.5) is 5.13 Å². The Hall–Kier alpha value is -3.69. The molecule has 1 amide bonds. The Bertz CT molecular complexity index is 1590. The Morgan fingerprint density at radius 2 is 1.86 bits per heavy atom. The maximum atomic E-state index is 13.4. The second-order valence-corrected chi connectivity index (χ2v) is 10.5. The first-order valence-corrected chi connectivity index (χ1v) is 12.9. The predicted molar refractivity (Wildman–Crippen MR) is 141 cm³/mol. The number of carbonyl (C=O) groups is 2. The molecule has 3 aromatic carbocycles. The predicted octanol–water partition coefficient (Wildman–Crippen LogP) is 5.76. The zero-order valence-corrected chi connectivity index (χ0v) is 21.4. The van der Waals surface area contributed by atoms with Crippen molar-refractivity contribution in [1.29, 1.82) is 0 Å². The molecule has 36 heavy (non-hydrogen) atoms. The van der Waals surface area contributed by atoms with E-state index in [1.807, 2.05) is 49.4 Å². The number of fused-ring (bicyclic) bond motifs is 2. The van der Waals surface area contributed by atoms with Crippen molar-refractivity contribution in [3.8, 4) is 11.5 Å². The molecule has 0 saturated carbocycles. The Morgan fingerprint density at radius 3 is 2.67 bits per heavy atom. The topological polar surface area (TPSA) is 89.0 Å². The number of halogens is 1. The number of nitrogens with zero attached hydrogens (tertiary/aromatic N) is 2. The summed E-state index contributed by atoms with van der Waals surface area (Å²) in [5, 5.41) is 11.8. The molecule has 0 spiro atoms. The van der Waals surface area contributed by atoms with Crippen LogP contribution in [0.3, 0.4) is 0 Å². The smallest absolute Gasteiger partial charge is 0.301 e. The number of benzene rings is 3. The number of ketones is 1. The number of amides is 1. The van der Waals surface area contributed by atoms with Crippen molar-refractivity contribution in [3.63, 3.8) is 0 Å². The third-order valence-corrected chi connectivity index (χ3v) is 7.67. The lowest BCUT2D eigenvalue weighted by Gasteiger charge is -2.23. The van der Waals surface area contributed by atoms with Gasteiger partial charge in [0, 0.05) is 10.0 Å². The summed E-state index contributed by atoms with van der Waals surface area (Å²) in [6, 6.07) is 17.3. The first-order chi connectivity index (χ1) is 17.4. The Labute approximate surface area is 218 Å². The van der Waals surface area contributed by atoms with Crippen LogP contribution in [0.1, 0.15) is 22.7 Å². The molecule has 1 fully saturated rings. The molecule has 0 bridgehead atoms. The third-order valence-electron chi connectivity index (χ3n) is 6.16. The molecule has 2 aliphatic heterocycles. The zero-order chi connectivity index (χ0) is 25.0. The van der Waals surface area contributed by atoms with Crippen molar-refractivity contribution in [2.45, 2.75) is 13.0 Å². The lowest BCUT2D eigenvalue weighted by atomic mass is 9.95. The Balaban J connectivity index is 1.54. The molecule has 180 valence electrons. The van der Waals surface area contributed by atoms with Gasteiger partial charge in [-0.25, -0.2) is 4.98 Å². The monoisotopic (exact) mass is 562 g/mol. The van der Waals surface area contributed by atoms with Crippen LogP contribution in [0.25, 0.3) is 16.0 Å². The van der Waals surface area contributed by atoms with E-state index in [0.717, 1.165) is 20.3 Å². The first kappa shape index (κ1) is 22.8. The summed E-state index contributed by atoms with van der Waals surface area (Å²) in [6.45, 7) is 2.81. The number of aromatic nitrogens is 1. The SMILES string of the molecule is Cc1ccc2nc(N3C(=O)C(=O)/C(=C(/O)c4ccc5c(c4)OCCO5)[C@H]3c3cccc(Br)c3)sc2c1. The molecule has 4 aromatic rings. The van der Waals surface area contributed by atoms with Gasteiger partial charge in [0.05, 0.1) is 21.8 Å².